The second-order valence-corrected chi connectivity index (χ2v) is 6.82. The molecule has 1 atom stereocenters. The normalized spacial score (nSPS) is 15.0. The van der Waals surface area contributed by atoms with Crippen molar-refractivity contribution in [2.45, 2.75) is 6.04 Å². The Hall–Kier alpha value is -3.25. The SMILES string of the molecule is COc1ccc(C(=O)N[C@H](c2ccccc2)c2ccco2)cc1N1CCOCC1. The number of hydrogen-bond acceptors (Lipinski definition) is 5. The number of nitrogens with one attached hydrogen (secondary N) is 1. The van der Waals surface area contributed by atoms with Crippen LogP contribution in [0.4, 0.5) is 5.69 Å². The van der Waals surface area contributed by atoms with Crippen molar-refractivity contribution in [2.24, 2.45) is 0 Å². The molecule has 0 spiro atoms. The lowest BCUT2D eigenvalue weighted by Gasteiger charge is -2.30. The summed E-state index contributed by atoms with van der Waals surface area (Å²) in [6.07, 6.45) is 1.61. The van der Waals surface area contributed by atoms with E-state index in [4.69, 9.17) is 13.9 Å². The van der Waals surface area contributed by atoms with E-state index in [1.165, 1.54) is 0 Å². The van der Waals surface area contributed by atoms with Crippen molar-refractivity contribution in [3.8, 4) is 5.75 Å². The smallest absolute Gasteiger partial charge is 0.252 e. The van der Waals surface area contributed by atoms with Gasteiger partial charge < -0.3 is 24.1 Å². The van der Waals surface area contributed by atoms with Crippen molar-refractivity contribution in [1.82, 2.24) is 5.32 Å². The molecule has 0 unspecified atom stereocenters. The van der Waals surface area contributed by atoms with Gasteiger partial charge in [-0.1, -0.05) is 30.3 Å². The highest BCUT2D eigenvalue weighted by Gasteiger charge is 2.22. The number of nitrogens with zero attached hydrogens (tertiary/aromatic N) is 1. The molecule has 1 aliphatic heterocycles. The minimum absolute atomic E-state index is 0.174. The van der Waals surface area contributed by atoms with Gasteiger partial charge in [0, 0.05) is 18.7 Å². The van der Waals surface area contributed by atoms with E-state index in [9.17, 15) is 4.79 Å². The fraction of sp³-hybridized carbons (Fsp3) is 0.261. The molecule has 0 saturated carbocycles. The van der Waals surface area contributed by atoms with Crippen molar-refractivity contribution < 1.29 is 18.7 Å². The highest BCUT2D eigenvalue weighted by atomic mass is 16.5. The zero-order valence-electron chi connectivity index (χ0n) is 16.3. The maximum Gasteiger partial charge on any atom is 0.252 e. The molecular formula is C23H24N2O4. The van der Waals surface area contributed by atoms with Crippen LogP contribution in [0.5, 0.6) is 5.75 Å². The first kappa shape index (κ1) is 19.1. The summed E-state index contributed by atoms with van der Waals surface area (Å²) in [5.41, 5.74) is 2.43. The van der Waals surface area contributed by atoms with Crippen molar-refractivity contribution >= 4 is 11.6 Å². The first-order valence-corrected chi connectivity index (χ1v) is 9.66. The van der Waals surface area contributed by atoms with Gasteiger partial charge in [-0.3, -0.25) is 4.79 Å². The molecule has 6 heteroatoms. The number of morpholine rings is 1. The van der Waals surface area contributed by atoms with Gasteiger partial charge in [0.25, 0.3) is 5.91 Å². The van der Waals surface area contributed by atoms with Gasteiger partial charge in [0.2, 0.25) is 0 Å². The standard InChI is InChI=1S/C23H24N2O4/c1-27-20-10-9-18(16-19(20)25-11-14-28-15-12-25)23(26)24-22(21-8-5-13-29-21)17-6-3-2-4-7-17/h2-10,13,16,22H,11-12,14-15H2,1H3,(H,24,26)/t22-/m1/s1. The van der Waals surface area contributed by atoms with Crippen LogP contribution in [-0.2, 0) is 4.74 Å². The second-order valence-electron chi connectivity index (χ2n) is 6.82. The van der Waals surface area contributed by atoms with E-state index in [1.54, 1.807) is 19.4 Å². The molecule has 4 rings (SSSR count). The third-order valence-corrected chi connectivity index (χ3v) is 5.03. The third-order valence-electron chi connectivity index (χ3n) is 5.03. The molecule has 2 heterocycles. The van der Waals surface area contributed by atoms with Crippen molar-refractivity contribution in [2.75, 3.05) is 38.3 Å². The van der Waals surface area contributed by atoms with Gasteiger partial charge in [0.1, 0.15) is 17.6 Å². The van der Waals surface area contributed by atoms with Gasteiger partial charge in [0.05, 0.1) is 32.3 Å². The van der Waals surface area contributed by atoms with E-state index in [0.717, 1.165) is 30.1 Å². The molecule has 1 aliphatic rings. The van der Waals surface area contributed by atoms with E-state index in [-0.39, 0.29) is 11.9 Å². The number of rotatable bonds is 6. The van der Waals surface area contributed by atoms with E-state index < -0.39 is 0 Å². The van der Waals surface area contributed by atoms with Gasteiger partial charge in [0.15, 0.2) is 0 Å². The number of hydrogen-bond donors (Lipinski definition) is 1. The fourth-order valence-corrected chi connectivity index (χ4v) is 3.52. The van der Waals surface area contributed by atoms with Crippen molar-refractivity contribution in [3.05, 3.63) is 83.8 Å². The molecule has 1 amide bonds. The maximum atomic E-state index is 13.1. The number of anilines is 1. The summed E-state index contributed by atoms with van der Waals surface area (Å²) in [7, 11) is 1.64. The summed E-state index contributed by atoms with van der Waals surface area (Å²) < 4.78 is 16.5. The molecule has 1 fully saturated rings. The zero-order chi connectivity index (χ0) is 20.1. The van der Waals surface area contributed by atoms with Gasteiger partial charge in [-0.25, -0.2) is 0 Å². The Bertz CT molecular complexity index is 935. The molecule has 0 radical (unpaired) electrons. The van der Waals surface area contributed by atoms with Crippen LogP contribution in [0.1, 0.15) is 27.7 Å². The fourth-order valence-electron chi connectivity index (χ4n) is 3.52. The highest BCUT2D eigenvalue weighted by molar-refractivity contribution is 5.96. The van der Waals surface area contributed by atoms with Crippen LogP contribution < -0.4 is 15.0 Å². The predicted molar refractivity (Wildman–Crippen MR) is 110 cm³/mol. The van der Waals surface area contributed by atoms with Gasteiger partial charge in [-0.05, 0) is 35.9 Å². The maximum absolute atomic E-state index is 13.1. The van der Waals surface area contributed by atoms with Crippen LogP contribution in [0.2, 0.25) is 0 Å². The zero-order valence-corrected chi connectivity index (χ0v) is 16.3. The molecule has 1 saturated heterocycles. The second kappa shape index (κ2) is 8.84. The van der Waals surface area contributed by atoms with Crippen LogP contribution in [-0.4, -0.2) is 39.3 Å². The lowest BCUT2D eigenvalue weighted by Crippen LogP contribution is -2.36. The molecule has 3 aromatic rings. The molecule has 2 aromatic carbocycles. The highest BCUT2D eigenvalue weighted by Crippen LogP contribution is 2.31. The molecular weight excluding hydrogens is 368 g/mol. The quantitative estimate of drug-likeness (QED) is 0.694. The first-order chi connectivity index (χ1) is 14.3. The minimum atomic E-state index is -0.368. The van der Waals surface area contributed by atoms with E-state index >= 15 is 0 Å². The largest absolute Gasteiger partial charge is 0.495 e. The summed E-state index contributed by atoms with van der Waals surface area (Å²) in [6.45, 7) is 2.85. The van der Waals surface area contributed by atoms with Crippen molar-refractivity contribution in [3.63, 3.8) is 0 Å². The van der Waals surface area contributed by atoms with Crippen LogP contribution in [0.3, 0.4) is 0 Å². The number of amides is 1. The lowest BCUT2D eigenvalue weighted by molar-refractivity contribution is 0.0939. The van der Waals surface area contributed by atoms with Crippen LogP contribution in [0, 0.1) is 0 Å². The van der Waals surface area contributed by atoms with Gasteiger partial charge >= 0.3 is 0 Å². The third kappa shape index (κ3) is 4.27. The molecule has 150 valence electrons. The molecule has 29 heavy (non-hydrogen) atoms. The summed E-state index contributed by atoms with van der Waals surface area (Å²) >= 11 is 0. The number of furan rings is 1. The minimum Gasteiger partial charge on any atom is -0.495 e. The molecule has 0 bridgehead atoms. The van der Waals surface area contributed by atoms with Crippen molar-refractivity contribution in [1.29, 1.82) is 0 Å². The molecule has 6 nitrogen and oxygen atoms in total. The van der Waals surface area contributed by atoms with E-state index in [1.807, 2.05) is 54.6 Å². The van der Waals surface area contributed by atoms with Crippen LogP contribution in [0.15, 0.2) is 71.3 Å². The predicted octanol–water partition coefficient (Wildman–Crippen LogP) is 3.64. The Morgan fingerprint density at radius 2 is 1.86 bits per heavy atom. The summed E-state index contributed by atoms with van der Waals surface area (Å²) in [5, 5.41) is 3.10. The summed E-state index contributed by atoms with van der Waals surface area (Å²) in [4.78, 5) is 15.3. The average Bonchev–Trinajstić information content (AvgIpc) is 3.32. The summed E-state index contributed by atoms with van der Waals surface area (Å²) in [5.74, 6) is 1.26. The van der Waals surface area contributed by atoms with Crippen LogP contribution in [0.25, 0.3) is 0 Å². The van der Waals surface area contributed by atoms with Gasteiger partial charge in [-0.2, -0.15) is 0 Å². The number of methoxy groups -OCH3 is 1. The Morgan fingerprint density at radius 3 is 2.55 bits per heavy atom. The van der Waals surface area contributed by atoms with Gasteiger partial charge in [-0.15, -0.1) is 0 Å². The molecule has 1 N–H and O–H groups in total. The summed E-state index contributed by atoms with van der Waals surface area (Å²) in [6, 6.07) is 18.6. The van der Waals surface area contributed by atoms with E-state index in [2.05, 4.69) is 10.2 Å². The average molecular weight is 392 g/mol. The first-order valence-electron chi connectivity index (χ1n) is 9.66. The Morgan fingerprint density at radius 1 is 1.07 bits per heavy atom. The monoisotopic (exact) mass is 392 g/mol. The topological polar surface area (TPSA) is 63.9 Å². The number of carbonyl (C=O) groups excluding carboxylic acids is 1. The van der Waals surface area contributed by atoms with E-state index in [0.29, 0.717) is 24.5 Å². The number of carbonyl (C=O) groups is 1. The Balaban J connectivity index is 1.61. The van der Waals surface area contributed by atoms with Crippen LogP contribution >= 0.6 is 0 Å². The Kier molecular flexibility index (Phi) is 5.81. The number of benzene rings is 2. The molecule has 0 aliphatic carbocycles. The molecule has 1 aromatic heterocycles. The lowest BCUT2D eigenvalue weighted by atomic mass is 10.0. The Labute approximate surface area is 170 Å². The number of ether oxygens (including phenoxy) is 2.